The molecule has 0 bridgehead atoms. The summed E-state index contributed by atoms with van der Waals surface area (Å²) in [5, 5.41) is 8.94. The van der Waals surface area contributed by atoms with E-state index < -0.39 is 0 Å². The van der Waals surface area contributed by atoms with Crippen LogP contribution >= 0.6 is 0 Å². The molecule has 3 rings (SSSR count). The molecule has 4 heteroatoms. The van der Waals surface area contributed by atoms with Crippen LogP contribution in [-0.2, 0) is 13.1 Å². The predicted octanol–water partition coefficient (Wildman–Crippen LogP) is 2.61. The van der Waals surface area contributed by atoms with Crippen LogP contribution < -0.4 is 5.32 Å². The summed E-state index contributed by atoms with van der Waals surface area (Å²) in [4.78, 5) is 4.48. The summed E-state index contributed by atoms with van der Waals surface area (Å²) in [7, 11) is 0. The second-order valence-electron chi connectivity index (χ2n) is 5.00. The molecular formula is C16H18N4. The van der Waals surface area contributed by atoms with Gasteiger partial charge in [0.25, 0.3) is 0 Å². The van der Waals surface area contributed by atoms with E-state index in [2.05, 4.69) is 46.6 Å². The molecule has 0 saturated heterocycles. The Kier molecular flexibility index (Phi) is 3.74. The van der Waals surface area contributed by atoms with E-state index in [0.717, 1.165) is 18.6 Å². The number of nitrogens with one attached hydrogen (secondary N) is 1. The van der Waals surface area contributed by atoms with Crippen LogP contribution in [0.1, 0.15) is 12.5 Å². The van der Waals surface area contributed by atoms with Crippen LogP contribution in [0.5, 0.6) is 0 Å². The summed E-state index contributed by atoms with van der Waals surface area (Å²) >= 11 is 0. The lowest BCUT2D eigenvalue weighted by Crippen LogP contribution is -2.30. The number of hydrogen-bond donors (Lipinski definition) is 1. The van der Waals surface area contributed by atoms with Gasteiger partial charge in [-0.25, -0.2) is 0 Å². The fourth-order valence-corrected chi connectivity index (χ4v) is 2.35. The van der Waals surface area contributed by atoms with Crippen molar-refractivity contribution in [2.75, 3.05) is 0 Å². The normalized spacial score (nSPS) is 12.7. The third-order valence-corrected chi connectivity index (χ3v) is 3.38. The molecule has 0 aliphatic rings. The molecule has 0 radical (unpaired) electrons. The topological polar surface area (TPSA) is 42.7 Å². The average Bonchev–Trinajstić information content (AvgIpc) is 2.98. The highest BCUT2D eigenvalue weighted by Gasteiger charge is 2.05. The second-order valence-corrected chi connectivity index (χ2v) is 5.00. The highest BCUT2D eigenvalue weighted by atomic mass is 15.3. The Morgan fingerprint density at radius 1 is 1.15 bits per heavy atom. The summed E-state index contributed by atoms with van der Waals surface area (Å²) in [6.07, 6.45) is 5.64. The number of para-hydroxylation sites is 1. The third kappa shape index (κ3) is 2.86. The molecule has 3 aromatic rings. The Morgan fingerprint density at radius 3 is 2.90 bits per heavy atom. The first-order valence-corrected chi connectivity index (χ1v) is 6.86. The molecule has 1 atom stereocenters. The Morgan fingerprint density at radius 2 is 2.05 bits per heavy atom. The smallest absolute Gasteiger partial charge is 0.0746 e. The molecule has 1 N–H and O–H groups in total. The van der Waals surface area contributed by atoms with E-state index in [9.17, 15) is 0 Å². The Hall–Kier alpha value is -2.20. The SMILES string of the molecule is C[C@@H](Cn1cccn1)NCc1cccc2cccnc12. The van der Waals surface area contributed by atoms with Gasteiger partial charge in [-0.1, -0.05) is 24.3 Å². The zero-order valence-electron chi connectivity index (χ0n) is 11.5. The monoisotopic (exact) mass is 266 g/mol. The van der Waals surface area contributed by atoms with Crippen molar-refractivity contribution in [3.63, 3.8) is 0 Å². The minimum atomic E-state index is 0.355. The van der Waals surface area contributed by atoms with E-state index in [1.807, 2.05) is 29.2 Å². The molecular weight excluding hydrogens is 248 g/mol. The maximum absolute atomic E-state index is 4.48. The van der Waals surface area contributed by atoms with Crippen molar-refractivity contribution in [3.8, 4) is 0 Å². The van der Waals surface area contributed by atoms with Crippen LogP contribution in [0.15, 0.2) is 55.0 Å². The lowest BCUT2D eigenvalue weighted by Gasteiger charge is -2.14. The predicted molar refractivity (Wildman–Crippen MR) is 80.3 cm³/mol. The van der Waals surface area contributed by atoms with Crippen LogP contribution in [0.25, 0.3) is 10.9 Å². The van der Waals surface area contributed by atoms with Crippen molar-refractivity contribution in [2.24, 2.45) is 0 Å². The van der Waals surface area contributed by atoms with Crippen molar-refractivity contribution >= 4 is 10.9 Å². The first kappa shape index (κ1) is 12.8. The largest absolute Gasteiger partial charge is 0.308 e. The summed E-state index contributed by atoms with van der Waals surface area (Å²) < 4.78 is 1.94. The molecule has 0 spiro atoms. The molecule has 4 nitrogen and oxygen atoms in total. The third-order valence-electron chi connectivity index (χ3n) is 3.38. The maximum atomic E-state index is 4.48. The van der Waals surface area contributed by atoms with Gasteiger partial charge in [-0.2, -0.15) is 5.10 Å². The number of benzene rings is 1. The zero-order valence-corrected chi connectivity index (χ0v) is 11.5. The van der Waals surface area contributed by atoms with E-state index in [4.69, 9.17) is 0 Å². The highest BCUT2D eigenvalue weighted by Crippen LogP contribution is 2.15. The number of rotatable bonds is 5. The zero-order chi connectivity index (χ0) is 13.8. The van der Waals surface area contributed by atoms with Crippen molar-refractivity contribution in [1.29, 1.82) is 0 Å². The Labute approximate surface area is 118 Å². The van der Waals surface area contributed by atoms with Crippen LogP contribution in [0.2, 0.25) is 0 Å². The number of pyridine rings is 1. The number of aromatic nitrogens is 3. The summed E-state index contributed by atoms with van der Waals surface area (Å²) in [6.45, 7) is 3.85. The first-order valence-electron chi connectivity index (χ1n) is 6.86. The fourth-order valence-electron chi connectivity index (χ4n) is 2.35. The van der Waals surface area contributed by atoms with Gasteiger partial charge in [-0.15, -0.1) is 0 Å². The Balaban J connectivity index is 1.67. The molecule has 0 amide bonds. The number of nitrogens with zero attached hydrogens (tertiary/aromatic N) is 3. The molecule has 0 unspecified atom stereocenters. The standard InChI is InChI=1S/C16H18N4/c1-13(12-20-10-4-9-19-20)18-11-15-6-2-5-14-7-3-8-17-16(14)15/h2-10,13,18H,11-12H2,1H3/t13-/m0/s1. The number of fused-ring (bicyclic) bond motifs is 1. The first-order chi connectivity index (χ1) is 9.83. The quantitative estimate of drug-likeness (QED) is 0.772. The molecule has 102 valence electrons. The van der Waals surface area contributed by atoms with E-state index >= 15 is 0 Å². The average molecular weight is 266 g/mol. The molecule has 20 heavy (non-hydrogen) atoms. The molecule has 0 aliphatic carbocycles. The number of hydrogen-bond acceptors (Lipinski definition) is 3. The van der Waals surface area contributed by atoms with Gasteiger partial charge in [-0.05, 0) is 24.6 Å². The molecule has 0 fully saturated rings. The maximum Gasteiger partial charge on any atom is 0.0746 e. The van der Waals surface area contributed by atoms with E-state index in [0.29, 0.717) is 6.04 Å². The van der Waals surface area contributed by atoms with Crippen LogP contribution in [0.3, 0.4) is 0 Å². The van der Waals surface area contributed by atoms with Crippen molar-refractivity contribution in [1.82, 2.24) is 20.1 Å². The van der Waals surface area contributed by atoms with Crippen molar-refractivity contribution in [3.05, 3.63) is 60.6 Å². The van der Waals surface area contributed by atoms with Gasteiger partial charge in [0.15, 0.2) is 0 Å². The lowest BCUT2D eigenvalue weighted by atomic mass is 10.1. The van der Waals surface area contributed by atoms with Crippen molar-refractivity contribution < 1.29 is 0 Å². The van der Waals surface area contributed by atoms with Gasteiger partial charge in [0, 0.05) is 36.6 Å². The minimum absolute atomic E-state index is 0.355. The van der Waals surface area contributed by atoms with Crippen LogP contribution in [0.4, 0.5) is 0 Å². The lowest BCUT2D eigenvalue weighted by molar-refractivity contribution is 0.451. The van der Waals surface area contributed by atoms with Gasteiger partial charge in [0.05, 0.1) is 12.1 Å². The minimum Gasteiger partial charge on any atom is -0.308 e. The van der Waals surface area contributed by atoms with Gasteiger partial charge >= 0.3 is 0 Å². The van der Waals surface area contributed by atoms with Gasteiger partial charge in [0.2, 0.25) is 0 Å². The van der Waals surface area contributed by atoms with Gasteiger partial charge < -0.3 is 5.32 Å². The molecule has 1 aromatic carbocycles. The molecule has 0 saturated carbocycles. The highest BCUT2D eigenvalue weighted by molar-refractivity contribution is 5.81. The second kappa shape index (κ2) is 5.84. The molecule has 2 aromatic heterocycles. The molecule has 0 aliphatic heterocycles. The van der Waals surface area contributed by atoms with Gasteiger partial charge in [-0.3, -0.25) is 9.67 Å². The van der Waals surface area contributed by atoms with E-state index in [1.54, 1.807) is 6.20 Å². The molecule has 2 heterocycles. The van der Waals surface area contributed by atoms with Crippen molar-refractivity contribution in [2.45, 2.75) is 26.1 Å². The van der Waals surface area contributed by atoms with E-state index in [-0.39, 0.29) is 0 Å². The van der Waals surface area contributed by atoms with Gasteiger partial charge in [0.1, 0.15) is 0 Å². The summed E-state index contributed by atoms with van der Waals surface area (Å²) in [5.41, 5.74) is 2.31. The van der Waals surface area contributed by atoms with Crippen LogP contribution in [-0.4, -0.2) is 20.8 Å². The fraction of sp³-hybridized carbons (Fsp3) is 0.250. The summed E-state index contributed by atoms with van der Waals surface area (Å²) in [6, 6.07) is 12.7. The van der Waals surface area contributed by atoms with Crippen LogP contribution in [0, 0.1) is 0 Å². The Bertz CT molecular complexity index is 671. The van der Waals surface area contributed by atoms with E-state index in [1.165, 1.54) is 10.9 Å². The summed E-state index contributed by atoms with van der Waals surface area (Å²) in [5.74, 6) is 0.